The molecule has 0 saturated heterocycles. The van der Waals surface area contributed by atoms with Gasteiger partial charge >= 0.3 is 5.97 Å². The summed E-state index contributed by atoms with van der Waals surface area (Å²) < 4.78 is 12.2. The van der Waals surface area contributed by atoms with Gasteiger partial charge in [-0.05, 0) is 17.7 Å². The second-order valence-electron chi connectivity index (χ2n) is 5.58. The summed E-state index contributed by atoms with van der Waals surface area (Å²) in [5.74, 6) is -0.276. The van der Waals surface area contributed by atoms with Gasteiger partial charge in [0.1, 0.15) is 12.4 Å². The molecule has 1 aromatic carbocycles. The number of phenols is 1. The summed E-state index contributed by atoms with van der Waals surface area (Å²) in [7, 11) is 0. The van der Waals surface area contributed by atoms with Gasteiger partial charge in [0.2, 0.25) is 5.91 Å². The van der Waals surface area contributed by atoms with Crippen molar-refractivity contribution in [1.82, 2.24) is 5.32 Å². The van der Waals surface area contributed by atoms with E-state index in [1.54, 1.807) is 45.9 Å². The molecule has 0 aromatic heterocycles. The lowest BCUT2D eigenvalue weighted by molar-refractivity contribution is -0.148. The molecule has 5 heteroatoms. The van der Waals surface area contributed by atoms with Crippen molar-refractivity contribution in [3.05, 3.63) is 29.3 Å². The number of phenolic OH excluding ortho intramolecular Hbond substituents is 1. The Morgan fingerprint density at radius 2 is 2.00 bits per heavy atom. The Morgan fingerprint density at radius 3 is 2.57 bits per heavy atom. The lowest BCUT2D eigenvalue weighted by atomic mass is 10.1. The number of hydrogen-bond donors (Lipinski definition) is 2. The van der Waals surface area contributed by atoms with E-state index in [0.29, 0.717) is 11.3 Å². The highest BCUT2D eigenvalue weighted by molar-refractivity contribution is 5.77. The average molecular weight is 295 g/mol. The number of carbonyl (C=O) groups excluding carboxylic acids is 2. The topological polar surface area (TPSA) is 75.6 Å². The molecule has 116 valence electrons. The van der Waals surface area contributed by atoms with E-state index in [0.717, 1.165) is 5.56 Å². The Labute approximate surface area is 126 Å². The van der Waals surface area contributed by atoms with E-state index in [2.05, 4.69) is 10.4 Å². The Balaban J connectivity index is 2.76. The van der Waals surface area contributed by atoms with E-state index in [1.807, 2.05) is 0 Å². The third-order valence-corrected chi connectivity index (χ3v) is 2.95. The highest BCUT2D eigenvalue weighted by atomic mass is 16.5. The standard InChI is InChI=1S/C16H23NO4/c1-10(2)15(19)17-8-13-7-12(5-6-14(13)18)9-21-16(20)11(3)4/h5-7,10-11,18H,8-9H2,1-4H3,(H,17,19)/i/hT. The minimum absolute atomic E-state index is 0.0763. The maximum absolute atomic E-state index is 11.6. The van der Waals surface area contributed by atoms with Crippen LogP contribution in [0.25, 0.3) is 0 Å². The molecule has 1 amide bonds. The lowest BCUT2D eigenvalue weighted by Crippen LogP contribution is -2.27. The third kappa shape index (κ3) is 5.45. The number of carbonyl (C=O) groups is 2. The summed E-state index contributed by atoms with van der Waals surface area (Å²) in [6.07, 6.45) is 0. The van der Waals surface area contributed by atoms with Gasteiger partial charge in [-0.2, -0.15) is 0 Å². The van der Waals surface area contributed by atoms with E-state index in [-0.39, 0.29) is 36.9 Å². The Hall–Kier alpha value is -2.04. The van der Waals surface area contributed by atoms with Crippen LogP contribution >= 0.6 is 0 Å². The molecule has 21 heavy (non-hydrogen) atoms. The molecular weight excluding hydrogens is 270 g/mol. The largest absolute Gasteiger partial charge is 0.508 e. The Kier molecular flexibility index (Phi) is 5.60. The zero-order valence-corrected chi connectivity index (χ0v) is 12.9. The van der Waals surface area contributed by atoms with Gasteiger partial charge in [-0.1, -0.05) is 33.8 Å². The molecule has 0 unspecified atom stereocenters. The molecule has 0 radical (unpaired) electrons. The molecule has 0 spiro atoms. The van der Waals surface area contributed by atoms with Crippen LogP contribution in [-0.2, 0) is 27.5 Å². The Bertz CT molecular complexity index is 529. The monoisotopic (exact) mass is 295 g/mol. The lowest BCUT2D eigenvalue weighted by Gasteiger charge is -2.11. The molecule has 0 aliphatic carbocycles. The molecule has 1 rings (SSSR count). The van der Waals surface area contributed by atoms with Crippen LogP contribution in [0.4, 0.5) is 0 Å². The van der Waals surface area contributed by atoms with E-state index in [1.165, 1.54) is 0 Å². The van der Waals surface area contributed by atoms with E-state index in [4.69, 9.17) is 6.17 Å². The molecule has 5 nitrogen and oxygen atoms in total. The summed E-state index contributed by atoms with van der Waals surface area (Å²) in [5, 5.41) is 7.32. The first-order chi connectivity index (χ1) is 10.3. The molecule has 1 aromatic rings. The van der Waals surface area contributed by atoms with Crippen LogP contribution in [0.5, 0.6) is 5.75 Å². The first-order valence-electron chi connectivity index (χ1n) is 7.45. The van der Waals surface area contributed by atoms with E-state index in [9.17, 15) is 9.59 Å². The maximum atomic E-state index is 11.6. The number of aromatic hydroxyl groups is 1. The van der Waals surface area contributed by atoms with Gasteiger partial charge in [0.05, 0.1) is 5.92 Å². The highest BCUT2D eigenvalue weighted by Gasteiger charge is 2.11. The molecule has 0 aliphatic heterocycles. The van der Waals surface area contributed by atoms with Crippen LogP contribution in [0.2, 0.25) is 0 Å². The average Bonchev–Trinajstić information content (AvgIpc) is 2.49. The van der Waals surface area contributed by atoms with Crippen molar-refractivity contribution in [2.75, 3.05) is 0 Å². The normalized spacial score (nSPS) is 11.2. The summed E-state index contributed by atoms with van der Waals surface area (Å²) in [6.45, 7) is 7.56. The van der Waals surface area contributed by atoms with Crippen molar-refractivity contribution < 1.29 is 19.4 Å². The maximum Gasteiger partial charge on any atom is 0.308 e. The fraction of sp³-hybridized carbons (Fsp3) is 0.500. The van der Waals surface area contributed by atoms with Gasteiger partial charge < -0.3 is 15.2 Å². The van der Waals surface area contributed by atoms with Crippen molar-refractivity contribution >= 4 is 11.9 Å². The van der Waals surface area contributed by atoms with Crippen LogP contribution in [0.3, 0.4) is 0 Å². The second-order valence-corrected chi connectivity index (χ2v) is 5.58. The first-order valence-corrected chi connectivity index (χ1v) is 7.04. The minimum Gasteiger partial charge on any atom is -0.508 e. The predicted octanol–water partition coefficient (Wildman–Crippen LogP) is 2.36. The van der Waals surface area contributed by atoms with Crippen LogP contribution in [0, 0.1) is 11.8 Å². The Morgan fingerprint density at radius 1 is 1.29 bits per heavy atom. The minimum atomic E-state index is -0.268. The number of rotatable bonds is 7. The predicted molar refractivity (Wildman–Crippen MR) is 79.4 cm³/mol. The van der Waals surface area contributed by atoms with Gasteiger partial charge in [-0.15, -0.1) is 0 Å². The number of ether oxygens (including phenoxy) is 1. The zero-order chi connectivity index (χ0) is 16.7. The van der Waals surface area contributed by atoms with Crippen molar-refractivity contribution in [1.29, 1.82) is 1.43 Å². The van der Waals surface area contributed by atoms with Crippen molar-refractivity contribution in [2.24, 2.45) is 11.8 Å². The molecule has 0 heterocycles. The van der Waals surface area contributed by atoms with Crippen molar-refractivity contribution in [3.8, 4) is 5.75 Å². The van der Waals surface area contributed by atoms with Crippen molar-refractivity contribution in [3.63, 3.8) is 0 Å². The number of esters is 1. The van der Waals surface area contributed by atoms with Gasteiger partial charge in [-0.3, -0.25) is 9.59 Å². The molecule has 0 bridgehead atoms. The van der Waals surface area contributed by atoms with E-state index >= 15 is 0 Å². The first kappa shape index (κ1) is 15.4. The highest BCUT2D eigenvalue weighted by Crippen LogP contribution is 2.19. The summed E-state index contributed by atoms with van der Waals surface area (Å²) in [5.41, 5.74) is 1.45. The van der Waals surface area contributed by atoms with Gasteiger partial charge in [0.15, 0.2) is 0 Å². The number of hydrogen-bond acceptors (Lipinski definition) is 4. The molecule has 0 aliphatic rings. The van der Waals surface area contributed by atoms with Crippen LogP contribution in [0.1, 0.15) is 38.8 Å². The molecule has 0 fully saturated rings. The number of amides is 1. The number of benzene rings is 1. The fourth-order valence-electron chi connectivity index (χ4n) is 1.57. The SMILES string of the molecule is [3H]Oc1ccc(COC(=O)C(C)C)cc1CNC(=O)C(C)C. The molecular formula is C16H23NO4. The molecule has 0 atom stereocenters. The van der Waals surface area contributed by atoms with Gasteiger partial charge in [0.25, 0.3) is 1.43 Å². The zero-order valence-electron chi connectivity index (χ0n) is 13.9. The van der Waals surface area contributed by atoms with Crippen LogP contribution in [0.15, 0.2) is 18.2 Å². The van der Waals surface area contributed by atoms with Crippen LogP contribution in [-0.4, -0.2) is 18.4 Å². The second kappa shape index (κ2) is 7.67. The van der Waals surface area contributed by atoms with E-state index < -0.39 is 0 Å². The van der Waals surface area contributed by atoms with Gasteiger partial charge in [-0.25, -0.2) is 0 Å². The fourth-order valence-corrected chi connectivity index (χ4v) is 1.57. The molecule has 0 saturated carbocycles. The van der Waals surface area contributed by atoms with Crippen LogP contribution < -0.4 is 5.32 Å². The van der Waals surface area contributed by atoms with Crippen molar-refractivity contribution in [2.45, 2.75) is 40.8 Å². The molecule has 2 N–H and O–H groups in total. The van der Waals surface area contributed by atoms with Gasteiger partial charge in [0, 0.05) is 18.0 Å². The number of nitrogens with one attached hydrogen (secondary N) is 1. The summed E-state index contributed by atoms with van der Waals surface area (Å²) in [6, 6.07) is 5.12. The quantitative estimate of drug-likeness (QED) is 0.757. The third-order valence-electron chi connectivity index (χ3n) is 2.95. The smallest absolute Gasteiger partial charge is 0.308 e. The summed E-state index contributed by atoms with van der Waals surface area (Å²) >= 11 is 0. The summed E-state index contributed by atoms with van der Waals surface area (Å²) in [4.78, 5) is 23.1.